The molecule has 0 amide bonds. The molecule has 3 N–H and O–H groups in total. The number of aliphatic imine (C=N–C) groups is 2. The molecule has 0 saturated carbocycles. The molecule has 10 nitrogen and oxygen atoms in total. The zero-order chi connectivity index (χ0) is 20.9. The van der Waals surface area contributed by atoms with Crippen LogP contribution in [0.25, 0.3) is 10.9 Å². The molecular formula is C20H22N9O+. The number of aliphatic hydroxyl groups excluding tert-OH is 1. The summed E-state index contributed by atoms with van der Waals surface area (Å²) < 4.78 is 1.81. The van der Waals surface area contributed by atoms with Crippen molar-refractivity contribution in [2.45, 2.75) is 20.0 Å². The number of hydrogen-bond acceptors (Lipinski definition) is 7. The van der Waals surface area contributed by atoms with Gasteiger partial charge in [-0.15, -0.1) is 0 Å². The van der Waals surface area contributed by atoms with Gasteiger partial charge in [0.2, 0.25) is 5.69 Å². The lowest BCUT2D eigenvalue weighted by molar-refractivity contribution is 0.124. The third-order valence-corrected chi connectivity index (χ3v) is 5.23. The minimum absolute atomic E-state index is 0.0784. The van der Waals surface area contributed by atoms with Crippen LogP contribution in [-0.4, -0.2) is 43.1 Å². The van der Waals surface area contributed by atoms with Crippen LogP contribution in [-0.2, 0) is 7.05 Å². The van der Waals surface area contributed by atoms with E-state index in [4.69, 9.17) is 5.10 Å². The molecule has 5 rings (SSSR count). The Hall–Kier alpha value is -3.63. The molecule has 0 fully saturated rings. The van der Waals surface area contributed by atoms with Crippen molar-refractivity contribution >= 4 is 40.3 Å². The number of aliphatic hydroxyl groups is 1. The molecule has 0 spiro atoms. The molecule has 0 radical (unpaired) electrons. The third-order valence-electron chi connectivity index (χ3n) is 5.23. The number of aromatic nitrogens is 4. The van der Waals surface area contributed by atoms with Gasteiger partial charge in [-0.3, -0.25) is 14.8 Å². The topological polar surface area (TPSA) is 116 Å². The first-order chi connectivity index (χ1) is 14.5. The van der Waals surface area contributed by atoms with Crippen LogP contribution < -0.4 is 9.91 Å². The quantitative estimate of drug-likeness (QED) is 0.580. The number of quaternary nitrogens is 1. The number of hydrogen-bond donors (Lipinski definition) is 3. The van der Waals surface area contributed by atoms with E-state index in [0.29, 0.717) is 11.8 Å². The van der Waals surface area contributed by atoms with Gasteiger partial charge >= 0.3 is 0 Å². The molecule has 30 heavy (non-hydrogen) atoms. The van der Waals surface area contributed by atoms with E-state index in [-0.39, 0.29) is 10.5 Å². The predicted octanol–water partition coefficient (Wildman–Crippen LogP) is 2.64. The molecule has 10 heteroatoms. The fraction of sp³-hybridized carbons (Fsp3) is 0.250. The maximum atomic E-state index is 10.4. The van der Waals surface area contributed by atoms with Crippen molar-refractivity contribution < 1.29 is 5.11 Å². The van der Waals surface area contributed by atoms with Crippen molar-refractivity contribution in [3.63, 3.8) is 0 Å². The zero-order valence-corrected chi connectivity index (χ0v) is 16.9. The van der Waals surface area contributed by atoms with Crippen molar-refractivity contribution in [3.05, 3.63) is 48.7 Å². The highest BCUT2D eigenvalue weighted by atomic mass is 16.3. The molecule has 2 aromatic heterocycles. The van der Waals surface area contributed by atoms with Gasteiger partial charge in [0.1, 0.15) is 12.4 Å². The first-order valence-corrected chi connectivity index (χ1v) is 9.68. The molecule has 1 aromatic carbocycles. The Bertz CT molecular complexity index is 1250. The van der Waals surface area contributed by atoms with Crippen molar-refractivity contribution in [1.82, 2.24) is 24.6 Å². The second-order valence-electron chi connectivity index (χ2n) is 7.71. The second kappa shape index (κ2) is 6.71. The highest BCUT2D eigenvalue weighted by Crippen LogP contribution is 2.31. The van der Waals surface area contributed by atoms with Gasteiger partial charge in [-0.25, -0.2) is 0 Å². The summed E-state index contributed by atoms with van der Waals surface area (Å²) in [6.07, 6.45) is 8.34. The average Bonchev–Trinajstić information content (AvgIpc) is 3.43. The van der Waals surface area contributed by atoms with Crippen LogP contribution in [0, 0.1) is 5.92 Å². The maximum Gasteiger partial charge on any atom is 0.287 e. The van der Waals surface area contributed by atoms with Gasteiger partial charge in [0.25, 0.3) is 11.8 Å². The summed E-state index contributed by atoms with van der Waals surface area (Å²) in [6, 6.07) is 5.76. The number of nitrogens with zero attached hydrogens (tertiary/aromatic N) is 7. The van der Waals surface area contributed by atoms with Gasteiger partial charge in [-0.05, 0) is 29.2 Å². The van der Waals surface area contributed by atoms with Crippen LogP contribution in [0.3, 0.4) is 0 Å². The molecule has 0 bridgehead atoms. The van der Waals surface area contributed by atoms with E-state index in [2.05, 4.69) is 30.6 Å². The van der Waals surface area contributed by atoms with Crippen LogP contribution in [0.15, 0.2) is 58.1 Å². The number of rotatable bonds is 4. The Kier molecular flexibility index (Phi) is 4.12. The largest absolute Gasteiger partial charge is 0.387 e. The van der Waals surface area contributed by atoms with Gasteiger partial charge in [0.05, 0.1) is 29.7 Å². The summed E-state index contributed by atoms with van der Waals surface area (Å²) in [6.45, 7) is 3.94. The van der Waals surface area contributed by atoms with Gasteiger partial charge < -0.3 is 10.4 Å². The summed E-state index contributed by atoms with van der Waals surface area (Å²) in [5, 5.41) is 30.9. The molecule has 152 valence electrons. The molecule has 0 saturated heterocycles. The van der Waals surface area contributed by atoms with E-state index in [9.17, 15) is 5.11 Å². The Morgan fingerprint density at radius 1 is 1.27 bits per heavy atom. The smallest absolute Gasteiger partial charge is 0.287 e. The fourth-order valence-corrected chi connectivity index (χ4v) is 3.59. The first kappa shape index (κ1) is 18.4. The minimum atomic E-state index is -0.592. The predicted molar refractivity (Wildman–Crippen MR) is 117 cm³/mol. The molecule has 3 aromatic rings. The van der Waals surface area contributed by atoms with Crippen molar-refractivity contribution in [1.29, 1.82) is 0 Å². The normalized spacial score (nSPS) is 21.1. The number of anilines is 1. The van der Waals surface area contributed by atoms with Crippen molar-refractivity contribution in [2.24, 2.45) is 28.1 Å². The van der Waals surface area contributed by atoms with Crippen molar-refractivity contribution in [2.75, 3.05) is 5.32 Å². The third kappa shape index (κ3) is 2.85. The monoisotopic (exact) mass is 404 g/mol. The molecule has 2 atom stereocenters. The van der Waals surface area contributed by atoms with E-state index in [1.807, 2.05) is 51.5 Å². The zero-order valence-electron chi connectivity index (χ0n) is 16.9. The summed E-state index contributed by atoms with van der Waals surface area (Å²) >= 11 is 0. The molecule has 0 aliphatic carbocycles. The lowest BCUT2D eigenvalue weighted by Gasteiger charge is -2.21. The summed E-state index contributed by atoms with van der Waals surface area (Å²) in [5.74, 6) is 1.23. The fourth-order valence-electron chi connectivity index (χ4n) is 3.59. The van der Waals surface area contributed by atoms with Crippen LogP contribution >= 0.6 is 0 Å². The number of H-pyrrole nitrogens is 1. The SMILES string of the molecule is CC(C)C(O)c1[nH]nc2cc(NC3=N[N+]4(c5cnn(C)c5)C=CN=CC4=N3)ccc12. The number of nitrogens with one attached hydrogen (secondary N) is 2. The van der Waals surface area contributed by atoms with Gasteiger partial charge in [0, 0.05) is 18.1 Å². The minimum Gasteiger partial charge on any atom is -0.387 e. The lowest BCUT2D eigenvalue weighted by Crippen LogP contribution is -2.44. The first-order valence-electron chi connectivity index (χ1n) is 9.68. The van der Waals surface area contributed by atoms with E-state index in [1.54, 1.807) is 23.3 Å². The highest BCUT2D eigenvalue weighted by molar-refractivity contribution is 6.38. The molecule has 2 aliphatic heterocycles. The van der Waals surface area contributed by atoms with E-state index in [1.165, 1.54) is 0 Å². The highest BCUT2D eigenvalue weighted by Gasteiger charge is 2.43. The Morgan fingerprint density at radius 3 is 2.90 bits per heavy atom. The number of fused-ring (bicyclic) bond motifs is 2. The number of amidine groups is 1. The molecule has 2 unspecified atom stereocenters. The van der Waals surface area contributed by atoms with Gasteiger partial charge in [-0.2, -0.15) is 15.2 Å². The maximum absolute atomic E-state index is 10.4. The standard InChI is InChI=1S/C20H22N9O/c1-12(2)19(30)18-15-5-4-13(8-16(15)25-26-18)23-20-24-17-10-21-6-7-29(17,27-20)14-9-22-28(3)11-14/h4-12,19,30H,1-3H3,(H,23,27)(H,25,26)/q+1. The van der Waals surface area contributed by atoms with E-state index < -0.39 is 6.10 Å². The lowest BCUT2D eigenvalue weighted by atomic mass is 10.0. The summed E-state index contributed by atoms with van der Waals surface area (Å²) in [4.78, 5) is 8.82. The average molecular weight is 404 g/mol. The van der Waals surface area contributed by atoms with Crippen LogP contribution in [0.5, 0.6) is 0 Å². The van der Waals surface area contributed by atoms with E-state index >= 15 is 0 Å². The Labute approximate surface area is 172 Å². The number of guanidine groups is 1. The number of aromatic amines is 1. The number of benzene rings is 1. The van der Waals surface area contributed by atoms with E-state index in [0.717, 1.165) is 28.0 Å². The molecule has 4 heterocycles. The summed E-state index contributed by atoms with van der Waals surface area (Å²) in [5.41, 5.74) is 3.15. The molecular weight excluding hydrogens is 382 g/mol. The Balaban J connectivity index is 1.47. The van der Waals surface area contributed by atoms with Crippen LogP contribution in [0.2, 0.25) is 0 Å². The van der Waals surface area contributed by atoms with Crippen LogP contribution in [0.4, 0.5) is 11.4 Å². The van der Waals surface area contributed by atoms with Crippen LogP contribution in [0.1, 0.15) is 25.6 Å². The molecule has 2 aliphatic rings. The summed E-state index contributed by atoms with van der Waals surface area (Å²) in [7, 11) is 1.86. The van der Waals surface area contributed by atoms with Gasteiger partial charge in [0.15, 0.2) is 6.20 Å². The van der Waals surface area contributed by atoms with Crippen molar-refractivity contribution in [3.8, 4) is 0 Å². The second-order valence-corrected chi connectivity index (χ2v) is 7.71. The Morgan fingerprint density at radius 2 is 2.13 bits per heavy atom. The van der Waals surface area contributed by atoms with Gasteiger partial charge in [-0.1, -0.05) is 18.4 Å². The number of aryl methyl sites for hydroxylation is 1.